The van der Waals surface area contributed by atoms with Crippen LogP contribution in [-0.4, -0.2) is 10.8 Å². The lowest BCUT2D eigenvalue weighted by Crippen LogP contribution is -2.25. The average Bonchev–Trinajstić information content (AvgIpc) is 3.45. The maximum absolute atomic E-state index is 13.5. The third-order valence-corrected chi connectivity index (χ3v) is 6.08. The lowest BCUT2D eigenvalue weighted by Gasteiger charge is -2.21. The van der Waals surface area contributed by atoms with Gasteiger partial charge in [-0.3, -0.25) is 19.8 Å². The fraction of sp³-hybridized carbons (Fsp3) is 0. The number of nitro benzene ring substituents is 1. The number of halogens is 1. The van der Waals surface area contributed by atoms with E-state index in [0.717, 1.165) is 20.5 Å². The van der Waals surface area contributed by atoms with Gasteiger partial charge in [0.05, 0.1) is 16.3 Å². The van der Waals surface area contributed by atoms with Gasteiger partial charge >= 0.3 is 0 Å². The third kappa shape index (κ3) is 4.29. The molecule has 1 aliphatic heterocycles. The van der Waals surface area contributed by atoms with E-state index in [2.05, 4.69) is 22.6 Å². The summed E-state index contributed by atoms with van der Waals surface area (Å²) in [5.74, 6) is 0.938. The molecule has 2 heterocycles. The molecule has 3 aromatic carbocycles. The molecule has 34 heavy (non-hydrogen) atoms. The van der Waals surface area contributed by atoms with Gasteiger partial charge in [-0.05, 0) is 82.8 Å². The second-order valence-electron chi connectivity index (χ2n) is 7.62. The zero-order valence-electron chi connectivity index (χ0n) is 17.7. The minimum atomic E-state index is -0.441. The summed E-state index contributed by atoms with van der Waals surface area (Å²) in [5, 5.41) is 10.9. The summed E-state index contributed by atoms with van der Waals surface area (Å²) in [6, 6.07) is 27.3. The van der Waals surface area contributed by atoms with Crippen LogP contribution in [0.1, 0.15) is 11.3 Å². The number of non-ortho nitro benzene ring substituents is 1. The lowest BCUT2D eigenvalue weighted by atomic mass is 10.1. The summed E-state index contributed by atoms with van der Waals surface area (Å²) < 4.78 is 6.97. The molecule has 1 aromatic heterocycles. The summed E-state index contributed by atoms with van der Waals surface area (Å²) in [6.45, 7) is 0. The Labute approximate surface area is 209 Å². The van der Waals surface area contributed by atoms with Crippen molar-refractivity contribution in [2.45, 2.75) is 0 Å². The number of rotatable bonds is 5. The molecule has 0 spiro atoms. The van der Waals surface area contributed by atoms with Crippen molar-refractivity contribution in [1.29, 1.82) is 0 Å². The molecule has 0 radical (unpaired) electrons. The fourth-order valence-electron chi connectivity index (χ4n) is 3.79. The number of carbonyl (C=O) groups is 1. The van der Waals surface area contributed by atoms with Gasteiger partial charge in [0.15, 0.2) is 0 Å². The molecular formula is C27H17IN2O4. The standard InChI is InChI=1S/C27H17IN2O4/c28-21-7-4-8-23(17-21)29-25(18-5-2-1-3-6-18)16-20(27(29)31)15-24-13-14-26(34-24)19-9-11-22(12-10-19)30(32)33/h1-17H/b20-15+. The quantitative estimate of drug-likeness (QED) is 0.115. The van der Waals surface area contributed by atoms with Crippen LogP contribution in [0.5, 0.6) is 0 Å². The van der Waals surface area contributed by atoms with Gasteiger partial charge in [-0.15, -0.1) is 0 Å². The number of carbonyl (C=O) groups excluding carboxylic acids is 1. The highest BCUT2D eigenvalue weighted by atomic mass is 127. The number of anilines is 1. The van der Waals surface area contributed by atoms with E-state index in [1.807, 2.05) is 60.7 Å². The molecule has 0 bridgehead atoms. The van der Waals surface area contributed by atoms with Crippen molar-refractivity contribution in [2.24, 2.45) is 0 Å². The van der Waals surface area contributed by atoms with Crippen molar-refractivity contribution in [3.05, 3.63) is 128 Å². The van der Waals surface area contributed by atoms with Crippen molar-refractivity contribution < 1.29 is 14.1 Å². The Morgan fingerprint density at radius 2 is 1.65 bits per heavy atom. The molecule has 0 N–H and O–H groups in total. The maximum Gasteiger partial charge on any atom is 0.269 e. The molecule has 0 aliphatic carbocycles. The molecule has 166 valence electrons. The molecule has 0 saturated carbocycles. The van der Waals surface area contributed by atoms with E-state index < -0.39 is 4.92 Å². The normalized spacial score (nSPS) is 14.5. The van der Waals surface area contributed by atoms with E-state index in [9.17, 15) is 14.9 Å². The number of hydrogen-bond donors (Lipinski definition) is 0. The first-order valence-electron chi connectivity index (χ1n) is 10.4. The Hall–Kier alpha value is -3.98. The number of benzene rings is 3. The van der Waals surface area contributed by atoms with Crippen LogP contribution >= 0.6 is 22.6 Å². The van der Waals surface area contributed by atoms with Gasteiger partial charge in [-0.25, -0.2) is 0 Å². The van der Waals surface area contributed by atoms with Gasteiger partial charge in [0.1, 0.15) is 11.5 Å². The van der Waals surface area contributed by atoms with Gasteiger partial charge in [-0.1, -0.05) is 36.4 Å². The number of nitro groups is 1. The highest BCUT2D eigenvalue weighted by Crippen LogP contribution is 2.36. The van der Waals surface area contributed by atoms with Gasteiger partial charge in [0.2, 0.25) is 0 Å². The van der Waals surface area contributed by atoms with Crippen LogP contribution in [0, 0.1) is 13.7 Å². The Bertz CT molecular complexity index is 1450. The summed E-state index contributed by atoms with van der Waals surface area (Å²) in [4.78, 5) is 25.6. The van der Waals surface area contributed by atoms with Crippen LogP contribution in [0.2, 0.25) is 0 Å². The lowest BCUT2D eigenvalue weighted by molar-refractivity contribution is -0.384. The van der Waals surface area contributed by atoms with E-state index in [1.54, 1.807) is 35.2 Å². The zero-order valence-corrected chi connectivity index (χ0v) is 19.9. The minimum Gasteiger partial charge on any atom is -0.457 e. The first-order chi connectivity index (χ1) is 16.5. The molecular weight excluding hydrogens is 543 g/mol. The summed E-state index contributed by atoms with van der Waals surface area (Å²) in [5.41, 5.74) is 3.76. The molecule has 0 fully saturated rings. The molecule has 1 amide bonds. The first kappa shape index (κ1) is 21.8. The molecule has 4 aromatic rings. The van der Waals surface area contributed by atoms with Crippen LogP contribution in [0.25, 0.3) is 23.1 Å². The SMILES string of the molecule is O=C1/C(=C/c2ccc(-c3ccc([N+](=O)[O-])cc3)o2)C=C(c2ccccc2)N1c1cccc(I)c1. The number of hydrogen-bond acceptors (Lipinski definition) is 4. The third-order valence-electron chi connectivity index (χ3n) is 5.41. The van der Waals surface area contributed by atoms with Gasteiger partial charge in [0.25, 0.3) is 11.6 Å². The van der Waals surface area contributed by atoms with Crippen LogP contribution in [0.4, 0.5) is 11.4 Å². The highest BCUT2D eigenvalue weighted by molar-refractivity contribution is 14.1. The molecule has 7 heteroatoms. The molecule has 1 aliphatic rings. The molecule has 0 atom stereocenters. The predicted octanol–water partition coefficient (Wildman–Crippen LogP) is 6.93. The van der Waals surface area contributed by atoms with Crippen LogP contribution in [0.15, 0.2) is 107 Å². The van der Waals surface area contributed by atoms with Crippen LogP contribution in [0.3, 0.4) is 0 Å². The number of amides is 1. The topological polar surface area (TPSA) is 76.6 Å². The van der Waals surface area contributed by atoms with Crippen molar-refractivity contribution >= 4 is 51.6 Å². The van der Waals surface area contributed by atoms with Crippen molar-refractivity contribution in [3.8, 4) is 11.3 Å². The number of furan rings is 1. The van der Waals surface area contributed by atoms with Gasteiger partial charge in [-0.2, -0.15) is 0 Å². The summed E-state index contributed by atoms with van der Waals surface area (Å²) >= 11 is 2.23. The molecule has 6 nitrogen and oxygen atoms in total. The Balaban J connectivity index is 1.51. The van der Waals surface area contributed by atoms with E-state index >= 15 is 0 Å². The monoisotopic (exact) mass is 560 g/mol. The van der Waals surface area contributed by atoms with Gasteiger partial charge in [0, 0.05) is 26.8 Å². The molecule has 0 unspecified atom stereocenters. The van der Waals surface area contributed by atoms with Crippen molar-refractivity contribution in [2.75, 3.05) is 4.90 Å². The van der Waals surface area contributed by atoms with E-state index in [1.165, 1.54) is 12.1 Å². The zero-order chi connectivity index (χ0) is 23.7. The minimum absolute atomic E-state index is 0.0171. The largest absolute Gasteiger partial charge is 0.457 e. The van der Waals surface area contributed by atoms with Crippen molar-refractivity contribution in [3.63, 3.8) is 0 Å². The average molecular weight is 560 g/mol. The first-order valence-corrected chi connectivity index (χ1v) is 11.5. The van der Waals surface area contributed by atoms with E-state index in [0.29, 0.717) is 22.7 Å². The smallest absolute Gasteiger partial charge is 0.269 e. The van der Waals surface area contributed by atoms with Gasteiger partial charge < -0.3 is 4.42 Å². The fourth-order valence-corrected chi connectivity index (χ4v) is 4.32. The highest BCUT2D eigenvalue weighted by Gasteiger charge is 2.30. The van der Waals surface area contributed by atoms with E-state index in [-0.39, 0.29) is 11.6 Å². The second kappa shape index (κ2) is 9.11. The van der Waals surface area contributed by atoms with Crippen LogP contribution < -0.4 is 4.90 Å². The number of nitrogens with zero attached hydrogens (tertiary/aromatic N) is 2. The van der Waals surface area contributed by atoms with E-state index in [4.69, 9.17) is 4.42 Å². The predicted molar refractivity (Wildman–Crippen MR) is 140 cm³/mol. The Morgan fingerprint density at radius 1 is 0.882 bits per heavy atom. The maximum atomic E-state index is 13.5. The molecule has 5 rings (SSSR count). The summed E-state index contributed by atoms with van der Waals surface area (Å²) in [6.07, 6.45) is 3.58. The summed E-state index contributed by atoms with van der Waals surface area (Å²) in [7, 11) is 0. The Kier molecular flexibility index (Phi) is 5.85. The van der Waals surface area contributed by atoms with Crippen LogP contribution in [-0.2, 0) is 4.79 Å². The molecule has 0 saturated heterocycles. The second-order valence-corrected chi connectivity index (χ2v) is 8.87. The van der Waals surface area contributed by atoms with Crippen molar-refractivity contribution in [1.82, 2.24) is 0 Å². The Morgan fingerprint density at radius 3 is 2.35 bits per heavy atom.